The van der Waals surface area contributed by atoms with Crippen LogP contribution in [-0.2, 0) is 5.41 Å². The lowest BCUT2D eigenvalue weighted by Crippen LogP contribution is -2.17. The monoisotopic (exact) mass is 466 g/mol. The van der Waals surface area contributed by atoms with Crippen molar-refractivity contribution in [1.29, 1.82) is 0 Å². The minimum Gasteiger partial charge on any atom is -0.309 e. The van der Waals surface area contributed by atoms with Crippen molar-refractivity contribution in [2.24, 2.45) is 0 Å². The standard InChI is InChI=1S/C32H22N2S/c1-32(2)29-21-8-4-3-7-19(21)11-13-23(29)24-14-15-25-22-9-5-6-10-27(22)34(31(25)30(24)32)20-12-16-26-28(17-20)35-18-33-26/h3-18H,1-2H3. The van der Waals surface area contributed by atoms with E-state index in [2.05, 4.69) is 114 Å². The molecule has 7 aromatic rings. The number of para-hydroxylation sites is 1. The zero-order valence-electron chi connectivity index (χ0n) is 19.5. The molecule has 2 heterocycles. The summed E-state index contributed by atoms with van der Waals surface area (Å²) in [7, 11) is 0. The number of aromatic nitrogens is 2. The minimum atomic E-state index is -0.133. The summed E-state index contributed by atoms with van der Waals surface area (Å²) in [4.78, 5) is 4.51. The highest BCUT2D eigenvalue weighted by Crippen LogP contribution is 2.54. The first kappa shape index (κ1) is 19.4. The van der Waals surface area contributed by atoms with E-state index in [0.29, 0.717) is 0 Å². The Balaban J connectivity index is 1.56. The molecule has 8 rings (SSSR count). The van der Waals surface area contributed by atoms with E-state index in [1.165, 1.54) is 65.2 Å². The van der Waals surface area contributed by atoms with Crippen molar-refractivity contribution in [2.45, 2.75) is 19.3 Å². The van der Waals surface area contributed by atoms with Crippen LogP contribution in [-0.4, -0.2) is 9.55 Å². The molecule has 1 aliphatic rings. The van der Waals surface area contributed by atoms with Crippen LogP contribution in [0.4, 0.5) is 0 Å². The molecule has 5 aromatic carbocycles. The molecule has 35 heavy (non-hydrogen) atoms. The van der Waals surface area contributed by atoms with Gasteiger partial charge in [0.25, 0.3) is 0 Å². The first-order chi connectivity index (χ1) is 17.1. The number of fused-ring (bicyclic) bond motifs is 10. The summed E-state index contributed by atoms with van der Waals surface area (Å²) >= 11 is 1.70. The van der Waals surface area contributed by atoms with E-state index in [0.717, 1.165) is 5.52 Å². The molecule has 2 aromatic heterocycles. The molecule has 1 aliphatic carbocycles. The van der Waals surface area contributed by atoms with Crippen LogP contribution in [0.15, 0.2) is 96.5 Å². The maximum atomic E-state index is 4.51. The lowest BCUT2D eigenvalue weighted by Gasteiger charge is -2.25. The van der Waals surface area contributed by atoms with E-state index >= 15 is 0 Å². The van der Waals surface area contributed by atoms with Crippen LogP contribution in [0.1, 0.15) is 25.0 Å². The molecule has 3 heteroatoms. The molecule has 0 saturated carbocycles. The number of hydrogen-bond acceptors (Lipinski definition) is 2. The number of thiazole rings is 1. The van der Waals surface area contributed by atoms with E-state index in [1.807, 2.05) is 5.51 Å². The minimum absolute atomic E-state index is 0.133. The molecule has 0 bridgehead atoms. The Morgan fingerprint density at radius 3 is 2.40 bits per heavy atom. The largest absolute Gasteiger partial charge is 0.309 e. The van der Waals surface area contributed by atoms with Crippen molar-refractivity contribution in [3.05, 3.63) is 108 Å². The Bertz CT molecular complexity index is 1990. The van der Waals surface area contributed by atoms with Gasteiger partial charge in [-0.2, -0.15) is 0 Å². The molecule has 0 spiro atoms. The Morgan fingerprint density at radius 2 is 1.49 bits per heavy atom. The fourth-order valence-corrected chi connectivity index (χ4v) is 7.17. The Hall–Kier alpha value is -3.95. The van der Waals surface area contributed by atoms with Crippen LogP contribution in [0, 0.1) is 0 Å². The highest BCUT2D eigenvalue weighted by Gasteiger charge is 2.39. The van der Waals surface area contributed by atoms with Crippen molar-refractivity contribution < 1.29 is 0 Å². The second-order valence-corrected chi connectivity index (χ2v) is 11.0. The predicted octanol–water partition coefficient (Wildman–Crippen LogP) is 8.85. The maximum Gasteiger partial charge on any atom is 0.0813 e. The second-order valence-electron chi connectivity index (χ2n) is 10.1. The smallest absolute Gasteiger partial charge is 0.0813 e. The van der Waals surface area contributed by atoms with Gasteiger partial charge in [-0.05, 0) is 57.3 Å². The van der Waals surface area contributed by atoms with Gasteiger partial charge in [-0.25, -0.2) is 4.98 Å². The third kappa shape index (κ3) is 2.41. The SMILES string of the molecule is CC1(C)c2c(ccc3ccccc23)-c2ccc3c4ccccc4n(-c4ccc5ncsc5c4)c3c21. The number of rotatable bonds is 1. The Morgan fingerprint density at radius 1 is 0.714 bits per heavy atom. The molecule has 0 amide bonds. The summed E-state index contributed by atoms with van der Waals surface area (Å²) in [5.41, 5.74) is 12.2. The summed E-state index contributed by atoms with van der Waals surface area (Å²) in [5, 5.41) is 5.27. The van der Waals surface area contributed by atoms with Gasteiger partial charge in [-0.3, -0.25) is 0 Å². The van der Waals surface area contributed by atoms with Crippen molar-refractivity contribution in [3.8, 4) is 16.8 Å². The number of benzene rings is 5. The van der Waals surface area contributed by atoms with Crippen LogP contribution in [0.25, 0.3) is 59.6 Å². The average Bonchev–Trinajstić information content (AvgIpc) is 3.55. The summed E-state index contributed by atoms with van der Waals surface area (Å²) < 4.78 is 3.70. The van der Waals surface area contributed by atoms with E-state index in [4.69, 9.17) is 0 Å². The van der Waals surface area contributed by atoms with Crippen molar-refractivity contribution in [2.75, 3.05) is 0 Å². The summed E-state index contributed by atoms with van der Waals surface area (Å²) in [6, 6.07) is 33.6. The highest BCUT2D eigenvalue weighted by molar-refractivity contribution is 7.16. The summed E-state index contributed by atoms with van der Waals surface area (Å²) in [6.45, 7) is 4.80. The molecule has 0 atom stereocenters. The third-order valence-electron chi connectivity index (χ3n) is 7.88. The number of nitrogens with zero attached hydrogens (tertiary/aromatic N) is 2. The van der Waals surface area contributed by atoms with Gasteiger partial charge in [-0.15, -0.1) is 11.3 Å². The zero-order chi connectivity index (χ0) is 23.3. The second kappa shape index (κ2) is 6.59. The van der Waals surface area contributed by atoms with E-state index in [1.54, 1.807) is 11.3 Å². The van der Waals surface area contributed by atoms with Crippen LogP contribution < -0.4 is 0 Å². The molecule has 0 radical (unpaired) electrons. The van der Waals surface area contributed by atoms with E-state index < -0.39 is 0 Å². The van der Waals surface area contributed by atoms with Crippen LogP contribution in [0.5, 0.6) is 0 Å². The zero-order valence-corrected chi connectivity index (χ0v) is 20.4. The molecule has 0 N–H and O–H groups in total. The van der Waals surface area contributed by atoms with E-state index in [-0.39, 0.29) is 5.41 Å². The molecule has 166 valence electrons. The fraction of sp³-hybridized carbons (Fsp3) is 0.0938. The lowest BCUT2D eigenvalue weighted by atomic mass is 9.79. The maximum absolute atomic E-state index is 4.51. The molecular weight excluding hydrogens is 444 g/mol. The van der Waals surface area contributed by atoms with Crippen molar-refractivity contribution >= 4 is 54.1 Å². The molecular formula is C32H22N2S. The van der Waals surface area contributed by atoms with Gasteiger partial charge in [-0.1, -0.05) is 80.6 Å². The quantitative estimate of drug-likeness (QED) is 0.236. The van der Waals surface area contributed by atoms with Gasteiger partial charge < -0.3 is 4.57 Å². The topological polar surface area (TPSA) is 17.8 Å². The van der Waals surface area contributed by atoms with Gasteiger partial charge in [0.2, 0.25) is 0 Å². The Labute approximate surface area is 207 Å². The van der Waals surface area contributed by atoms with E-state index in [9.17, 15) is 0 Å². The van der Waals surface area contributed by atoms with Gasteiger partial charge in [0.1, 0.15) is 0 Å². The van der Waals surface area contributed by atoms with Crippen molar-refractivity contribution in [3.63, 3.8) is 0 Å². The molecule has 0 unspecified atom stereocenters. The van der Waals surface area contributed by atoms with Gasteiger partial charge in [0.15, 0.2) is 0 Å². The fourth-order valence-electron chi connectivity index (χ4n) is 6.46. The average molecular weight is 467 g/mol. The van der Waals surface area contributed by atoms with Crippen molar-refractivity contribution in [1.82, 2.24) is 9.55 Å². The third-order valence-corrected chi connectivity index (χ3v) is 8.67. The Kier molecular flexibility index (Phi) is 3.64. The van der Waals surface area contributed by atoms with Crippen LogP contribution >= 0.6 is 11.3 Å². The van der Waals surface area contributed by atoms with Crippen LogP contribution in [0.2, 0.25) is 0 Å². The van der Waals surface area contributed by atoms with Gasteiger partial charge >= 0.3 is 0 Å². The molecule has 0 saturated heterocycles. The summed E-state index contributed by atoms with van der Waals surface area (Å²) in [6.07, 6.45) is 0. The highest BCUT2D eigenvalue weighted by atomic mass is 32.1. The van der Waals surface area contributed by atoms with Gasteiger partial charge in [0, 0.05) is 21.9 Å². The van der Waals surface area contributed by atoms with Gasteiger partial charge in [0.05, 0.1) is 26.8 Å². The lowest BCUT2D eigenvalue weighted by molar-refractivity contribution is 0.670. The first-order valence-electron chi connectivity index (χ1n) is 12.1. The molecule has 2 nitrogen and oxygen atoms in total. The normalized spacial score (nSPS) is 14.2. The first-order valence-corrected chi connectivity index (χ1v) is 12.9. The number of hydrogen-bond donors (Lipinski definition) is 0. The molecule has 0 aliphatic heterocycles. The predicted molar refractivity (Wildman–Crippen MR) is 149 cm³/mol. The molecule has 0 fully saturated rings. The summed E-state index contributed by atoms with van der Waals surface area (Å²) in [5.74, 6) is 0. The van der Waals surface area contributed by atoms with Crippen LogP contribution in [0.3, 0.4) is 0 Å².